The van der Waals surface area contributed by atoms with Gasteiger partial charge in [-0.2, -0.15) is 0 Å². The number of fused-ring (bicyclic) bond motifs is 1. The fourth-order valence-corrected chi connectivity index (χ4v) is 2.83. The standard InChI is InChI=1S/C21H16N2O/c1-24-16-10-11-19-18(13-16)17(15-7-3-2-4-8-15)14-21(23-19)20-9-5-6-12-22-20/h2-14H,1H3. The molecule has 4 rings (SSSR count). The SMILES string of the molecule is COc1ccc2nc(-c3ccccn3)cc(-c3ccccc3)c2c1. The summed E-state index contributed by atoms with van der Waals surface area (Å²) in [6.07, 6.45) is 1.79. The molecule has 24 heavy (non-hydrogen) atoms. The molecule has 0 fully saturated rings. The van der Waals surface area contributed by atoms with Crippen LogP contribution in [0.1, 0.15) is 0 Å². The molecule has 2 aromatic heterocycles. The lowest BCUT2D eigenvalue weighted by Gasteiger charge is -2.11. The number of aromatic nitrogens is 2. The predicted octanol–water partition coefficient (Wildman–Crippen LogP) is 4.97. The third-order valence-electron chi connectivity index (χ3n) is 4.03. The zero-order valence-corrected chi connectivity index (χ0v) is 13.3. The van der Waals surface area contributed by atoms with Gasteiger partial charge in [-0.3, -0.25) is 4.98 Å². The minimum atomic E-state index is 0.826. The van der Waals surface area contributed by atoms with E-state index in [1.807, 2.05) is 54.6 Å². The largest absolute Gasteiger partial charge is 0.497 e. The number of nitrogens with zero attached hydrogens (tertiary/aromatic N) is 2. The number of hydrogen-bond acceptors (Lipinski definition) is 3. The van der Waals surface area contributed by atoms with Gasteiger partial charge >= 0.3 is 0 Å². The van der Waals surface area contributed by atoms with Crippen LogP contribution in [0.2, 0.25) is 0 Å². The fraction of sp³-hybridized carbons (Fsp3) is 0.0476. The summed E-state index contributed by atoms with van der Waals surface area (Å²) >= 11 is 0. The van der Waals surface area contributed by atoms with Gasteiger partial charge in [-0.25, -0.2) is 4.98 Å². The molecule has 2 aromatic carbocycles. The summed E-state index contributed by atoms with van der Waals surface area (Å²) < 4.78 is 5.39. The molecule has 0 N–H and O–H groups in total. The summed E-state index contributed by atoms with van der Waals surface area (Å²) in [6.45, 7) is 0. The van der Waals surface area contributed by atoms with Crippen LogP contribution in [-0.2, 0) is 0 Å². The smallest absolute Gasteiger partial charge is 0.119 e. The van der Waals surface area contributed by atoms with Gasteiger partial charge in [0, 0.05) is 11.6 Å². The van der Waals surface area contributed by atoms with Crippen LogP contribution in [0.5, 0.6) is 5.75 Å². The quantitative estimate of drug-likeness (QED) is 0.535. The van der Waals surface area contributed by atoms with Gasteiger partial charge in [0.15, 0.2) is 0 Å². The molecular formula is C21H16N2O. The lowest BCUT2D eigenvalue weighted by atomic mass is 9.99. The zero-order chi connectivity index (χ0) is 16.4. The third kappa shape index (κ3) is 2.61. The van der Waals surface area contributed by atoms with E-state index in [9.17, 15) is 0 Å². The van der Waals surface area contributed by atoms with E-state index in [0.29, 0.717) is 0 Å². The zero-order valence-electron chi connectivity index (χ0n) is 13.3. The first-order chi connectivity index (χ1) is 11.8. The Morgan fingerprint density at radius 1 is 0.792 bits per heavy atom. The van der Waals surface area contributed by atoms with Gasteiger partial charge in [0.1, 0.15) is 5.75 Å². The average Bonchev–Trinajstić information content (AvgIpc) is 2.68. The molecular weight excluding hydrogens is 296 g/mol. The molecule has 0 aliphatic rings. The number of pyridine rings is 2. The van der Waals surface area contributed by atoms with E-state index in [4.69, 9.17) is 9.72 Å². The second-order valence-electron chi connectivity index (χ2n) is 5.52. The molecule has 0 bridgehead atoms. The summed E-state index contributed by atoms with van der Waals surface area (Å²) in [5, 5.41) is 1.07. The second kappa shape index (κ2) is 6.13. The van der Waals surface area contributed by atoms with Crippen LogP contribution in [-0.4, -0.2) is 17.1 Å². The van der Waals surface area contributed by atoms with Crippen molar-refractivity contribution >= 4 is 10.9 Å². The van der Waals surface area contributed by atoms with Crippen molar-refractivity contribution in [3.8, 4) is 28.3 Å². The maximum atomic E-state index is 5.39. The molecule has 0 radical (unpaired) electrons. The summed E-state index contributed by atoms with van der Waals surface area (Å²) in [5.41, 5.74) is 4.94. The van der Waals surface area contributed by atoms with Gasteiger partial charge < -0.3 is 4.74 Å². The molecule has 0 saturated heterocycles. The van der Waals surface area contributed by atoms with Crippen molar-refractivity contribution in [1.82, 2.24) is 9.97 Å². The number of rotatable bonds is 3. The Bertz CT molecular complexity index is 983. The number of benzene rings is 2. The summed E-state index contributed by atoms with van der Waals surface area (Å²) in [5.74, 6) is 0.826. The molecule has 116 valence electrons. The summed E-state index contributed by atoms with van der Waals surface area (Å²) in [4.78, 5) is 9.23. The molecule has 0 saturated carbocycles. The van der Waals surface area contributed by atoms with Crippen LogP contribution in [0.15, 0.2) is 79.0 Å². The highest BCUT2D eigenvalue weighted by atomic mass is 16.5. The van der Waals surface area contributed by atoms with Gasteiger partial charge in [0.05, 0.1) is 24.0 Å². The lowest BCUT2D eigenvalue weighted by Crippen LogP contribution is -1.92. The summed E-state index contributed by atoms with van der Waals surface area (Å²) in [7, 11) is 1.68. The normalized spacial score (nSPS) is 10.7. The Kier molecular flexibility index (Phi) is 3.67. The van der Waals surface area contributed by atoms with E-state index in [2.05, 4.69) is 23.2 Å². The van der Waals surface area contributed by atoms with Crippen molar-refractivity contribution < 1.29 is 4.74 Å². The maximum Gasteiger partial charge on any atom is 0.119 e. The van der Waals surface area contributed by atoms with Gasteiger partial charge in [0.2, 0.25) is 0 Å². The van der Waals surface area contributed by atoms with Gasteiger partial charge in [-0.05, 0) is 47.5 Å². The molecule has 0 unspecified atom stereocenters. The van der Waals surface area contributed by atoms with Crippen LogP contribution >= 0.6 is 0 Å². The molecule has 4 aromatic rings. The molecule has 2 heterocycles. The highest BCUT2D eigenvalue weighted by Crippen LogP contribution is 2.33. The van der Waals surface area contributed by atoms with Gasteiger partial charge in [-0.1, -0.05) is 36.4 Å². The van der Waals surface area contributed by atoms with E-state index in [1.54, 1.807) is 13.3 Å². The molecule has 3 nitrogen and oxygen atoms in total. The van der Waals surface area contributed by atoms with Crippen molar-refractivity contribution in [2.45, 2.75) is 0 Å². The Balaban J connectivity index is 2.02. The van der Waals surface area contributed by atoms with E-state index in [-0.39, 0.29) is 0 Å². The second-order valence-corrected chi connectivity index (χ2v) is 5.52. The van der Waals surface area contributed by atoms with Crippen molar-refractivity contribution in [3.05, 3.63) is 79.0 Å². The van der Waals surface area contributed by atoms with E-state index < -0.39 is 0 Å². The Morgan fingerprint density at radius 3 is 2.38 bits per heavy atom. The lowest BCUT2D eigenvalue weighted by molar-refractivity contribution is 0.415. The Hall–Kier alpha value is -3.20. The topological polar surface area (TPSA) is 35.0 Å². The molecule has 3 heteroatoms. The first-order valence-corrected chi connectivity index (χ1v) is 7.81. The first kappa shape index (κ1) is 14.4. The summed E-state index contributed by atoms with van der Waals surface area (Å²) in [6, 6.07) is 24.3. The minimum Gasteiger partial charge on any atom is -0.497 e. The first-order valence-electron chi connectivity index (χ1n) is 7.81. The van der Waals surface area contributed by atoms with Crippen molar-refractivity contribution in [2.24, 2.45) is 0 Å². The highest BCUT2D eigenvalue weighted by Gasteiger charge is 2.11. The molecule has 0 spiro atoms. The fourth-order valence-electron chi connectivity index (χ4n) is 2.83. The Labute approximate surface area is 140 Å². The average molecular weight is 312 g/mol. The molecule has 0 aliphatic heterocycles. The van der Waals surface area contributed by atoms with Crippen molar-refractivity contribution in [1.29, 1.82) is 0 Å². The highest BCUT2D eigenvalue weighted by molar-refractivity contribution is 5.97. The molecule has 0 amide bonds. The van der Waals surface area contributed by atoms with E-state index >= 15 is 0 Å². The van der Waals surface area contributed by atoms with Crippen LogP contribution in [0.3, 0.4) is 0 Å². The third-order valence-corrected chi connectivity index (χ3v) is 4.03. The monoisotopic (exact) mass is 312 g/mol. The van der Waals surface area contributed by atoms with Gasteiger partial charge in [-0.15, -0.1) is 0 Å². The molecule has 0 atom stereocenters. The number of methoxy groups -OCH3 is 1. The van der Waals surface area contributed by atoms with Crippen LogP contribution < -0.4 is 4.74 Å². The van der Waals surface area contributed by atoms with Gasteiger partial charge in [0.25, 0.3) is 0 Å². The van der Waals surface area contributed by atoms with Crippen molar-refractivity contribution in [2.75, 3.05) is 7.11 Å². The van der Waals surface area contributed by atoms with Crippen LogP contribution in [0.25, 0.3) is 33.4 Å². The predicted molar refractivity (Wildman–Crippen MR) is 97.0 cm³/mol. The minimum absolute atomic E-state index is 0.826. The number of ether oxygens (including phenoxy) is 1. The van der Waals surface area contributed by atoms with E-state index in [1.165, 1.54) is 0 Å². The number of hydrogen-bond donors (Lipinski definition) is 0. The maximum absolute atomic E-state index is 5.39. The van der Waals surface area contributed by atoms with Crippen molar-refractivity contribution in [3.63, 3.8) is 0 Å². The molecule has 0 aliphatic carbocycles. The van der Waals surface area contributed by atoms with Crippen LogP contribution in [0, 0.1) is 0 Å². The van der Waals surface area contributed by atoms with Crippen LogP contribution in [0.4, 0.5) is 0 Å². The Morgan fingerprint density at radius 2 is 1.62 bits per heavy atom. The van der Waals surface area contributed by atoms with E-state index in [0.717, 1.165) is 39.2 Å².